The molecule has 0 saturated carbocycles. The van der Waals surface area contributed by atoms with Gasteiger partial charge in [0.15, 0.2) is 0 Å². The standard InChI is InChI=1S/C13H18FN3/c14-9-3-4-11(10(15)8-9)16-12-5-7-17-6-1-2-13(12)17/h3-4,8,12-13,16H,1-2,5-7,15H2. The van der Waals surface area contributed by atoms with Crippen LogP contribution in [0.15, 0.2) is 18.2 Å². The van der Waals surface area contributed by atoms with E-state index in [-0.39, 0.29) is 5.82 Å². The Morgan fingerprint density at radius 3 is 3.00 bits per heavy atom. The summed E-state index contributed by atoms with van der Waals surface area (Å²) < 4.78 is 13.0. The molecule has 2 unspecified atom stereocenters. The lowest BCUT2D eigenvalue weighted by Crippen LogP contribution is -2.33. The summed E-state index contributed by atoms with van der Waals surface area (Å²) in [6.07, 6.45) is 3.71. The van der Waals surface area contributed by atoms with Gasteiger partial charge in [-0.3, -0.25) is 4.90 Å². The van der Waals surface area contributed by atoms with E-state index in [0.29, 0.717) is 17.8 Å². The van der Waals surface area contributed by atoms with Gasteiger partial charge in [-0.1, -0.05) is 0 Å². The molecule has 0 spiro atoms. The lowest BCUT2D eigenvalue weighted by atomic mass is 10.1. The van der Waals surface area contributed by atoms with Gasteiger partial charge in [0.05, 0.1) is 11.4 Å². The van der Waals surface area contributed by atoms with Crippen LogP contribution in [0.4, 0.5) is 15.8 Å². The monoisotopic (exact) mass is 235 g/mol. The van der Waals surface area contributed by atoms with Crippen molar-refractivity contribution in [2.45, 2.75) is 31.3 Å². The molecule has 3 N–H and O–H groups in total. The number of halogens is 1. The summed E-state index contributed by atoms with van der Waals surface area (Å²) in [5.41, 5.74) is 7.19. The summed E-state index contributed by atoms with van der Waals surface area (Å²) in [6, 6.07) is 5.68. The van der Waals surface area contributed by atoms with Crippen LogP contribution >= 0.6 is 0 Å². The number of nitrogen functional groups attached to an aromatic ring is 1. The van der Waals surface area contributed by atoms with Crippen LogP contribution in [0.1, 0.15) is 19.3 Å². The van der Waals surface area contributed by atoms with Crippen molar-refractivity contribution in [2.75, 3.05) is 24.1 Å². The number of fused-ring (bicyclic) bond motifs is 1. The van der Waals surface area contributed by atoms with Crippen LogP contribution in [0.2, 0.25) is 0 Å². The maximum atomic E-state index is 13.0. The molecule has 3 nitrogen and oxygen atoms in total. The van der Waals surface area contributed by atoms with Crippen LogP contribution in [0.5, 0.6) is 0 Å². The number of benzene rings is 1. The molecule has 4 heteroatoms. The van der Waals surface area contributed by atoms with Crippen molar-refractivity contribution in [1.82, 2.24) is 4.90 Å². The fourth-order valence-corrected chi connectivity index (χ4v) is 3.12. The molecule has 0 radical (unpaired) electrons. The smallest absolute Gasteiger partial charge is 0.125 e. The fourth-order valence-electron chi connectivity index (χ4n) is 3.12. The van der Waals surface area contributed by atoms with Gasteiger partial charge < -0.3 is 11.1 Å². The van der Waals surface area contributed by atoms with Gasteiger partial charge in [-0.05, 0) is 44.0 Å². The number of hydrogen-bond acceptors (Lipinski definition) is 3. The highest BCUT2D eigenvalue weighted by Crippen LogP contribution is 2.31. The molecular weight excluding hydrogens is 217 g/mol. The van der Waals surface area contributed by atoms with E-state index in [0.717, 1.165) is 12.1 Å². The average molecular weight is 235 g/mol. The molecule has 2 fully saturated rings. The quantitative estimate of drug-likeness (QED) is 0.771. The fraction of sp³-hybridized carbons (Fsp3) is 0.538. The Kier molecular flexibility index (Phi) is 2.67. The second-order valence-electron chi connectivity index (χ2n) is 5.02. The zero-order valence-corrected chi connectivity index (χ0v) is 9.82. The Morgan fingerprint density at radius 1 is 1.29 bits per heavy atom. The third-order valence-corrected chi connectivity index (χ3v) is 3.96. The van der Waals surface area contributed by atoms with E-state index in [1.165, 1.54) is 38.1 Å². The predicted octanol–water partition coefficient (Wildman–Crippen LogP) is 2.06. The van der Waals surface area contributed by atoms with Gasteiger partial charge in [-0.15, -0.1) is 0 Å². The predicted molar refractivity (Wildman–Crippen MR) is 67.4 cm³/mol. The number of anilines is 2. The summed E-state index contributed by atoms with van der Waals surface area (Å²) in [6.45, 7) is 2.39. The number of nitrogens with zero attached hydrogens (tertiary/aromatic N) is 1. The first kappa shape index (κ1) is 10.8. The van der Waals surface area contributed by atoms with E-state index < -0.39 is 0 Å². The maximum absolute atomic E-state index is 13.0. The molecule has 0 amide bonds. The first-order chi connectivity index (χ1) is 8.24. The van der Waals surface area contributed by atoms with Crippen molar-refractivity contribution < 1.29 is 4.39 Å². The van der Waals surface area contributed by atoms with E-state index in [4.69, 9.17) is 5.73 Å². The summed E-state index contributed by atoms with van der Waals surface area (Å²) in [7, 11) is 0. The number of nitrogens with two attached hydrogens (primary N) is 1. The second kappa shape index (κ2) is 4.18. The third kappa shape index (κ3) is 1.97. The summed E-state index contributed by atoms with van der Waals surface area (Å²) in [5.74, 6) is -0.276. The van der Waals surface area contributed by atoms with Gasteiger partial charge in [0, 0.05) is 18.6 Å². The lowest BCUT2D eigenvalue weighted by Gasteiger charge is -2.23. The third-order valence-electron chi connectivity index (χ3n) is 3.96. The molecule has 17 heavy (non-hydrogen) atoms. The minimum atomic E-state index is -0.276. The van der Waals surface area contributed by atoms with E-state index >= 15 is 0 Å². The number of hydrogen-bond donors (Lipinski definition) is 2. The highest BCUT2D eigenvalue weighted by molar-refractivity contribution is 5.66. The highest BCUT2D eigenvalue weighted by Gasteiger charge is 2.37. The number of rotatable bonds is 2. The molecular formula is C13H18FN3. The van der Waals surface area contributed by atoms with E-state index in [9.17, 15) is 4.39 Å². The van der Waals surface area contributed by atoms with Crippen molar-refractivity contribution in [1.29, 1.82) is 0 Å². The van der Waals surface area contributed by atoms with Crippen molar-refractivity contribution in [2.24, 2.45) is 0 Å². The van der Waals surface area contributed by atoms with Gasteiger partial charge in [0.1, 0.15) is 5.82 Å². The molecule has 0 bridgehead atoms. The van der Waals surface area contributed by atoms with Crippen molar-refractivity contribution in [3.05, 3.63) is 24.0 Å². The first-order valence-electron chi connectivity index (χ1n) is 6.29. The molecule has 0 aromatic heterocycles. The SMILES string of the molecule is Nc1cc(F)ccc1NC1CCN2CCCC12. The zero-order chi connectivity index (χ0) is 11.8. The van der Waals surface area contributed by atoms with Gasteiger partial charge >= 0.3 is 0 Å². The summed E-state index contributed by atoms with van der Waals surface area (Å²) >= 11 is 0. The van der Waals surface area contributed by atoms with Crippen LogP contribution in [-0.4, -0.2) is 30.1 Å². The van der Waals surface area contributed by atoms with Crippen LogP contribution < -0.4 is 11.1 Å². The minimum absolute atomic E-state index is 0.276. The van der Waals surface area contributed by atoms with Crippen molar-refractivity contribution in [3.8, 4) is 0 Å². The van der Waals surface area contributed by atoms with E-state index in [2.05, 4.69) is 10.2 Å². The van der Waals surface area contributed by atoms with Crippen LogP contribution in [0, 0.1) is 5.82 Å². The summed E-state index contributed by atoms with van der Waals surface area (Å²) in [4.78, 5) is 2.54. The highest BCUT2D eigenvalue weighted by atomic mass is 19.1. The van der Waals surface area contributed by atoms with Gasteiger partial charge in [0.25, 0.3) is 0 Å². The zero-order valence-electron chi connectivity index (χ0n) is 9.82. The Morgan fingerprint density at radius 2 is 2.18 bits per heavy atom. The van der Waals surface area contributed by atoms with E-state index in [1.54, 1.807) is 6.07 Å². The van der Waals surface area contributed by atoms with Crippen molar-refractivity contribution >= 4 is 11.4 Å². The Labute approximate surface area is 101 Å². The minimum Gasteiger partial charge on any atom is -0.397 e. The Bertz CT molecular complexity index is 421. The molecule has 2 aliphatic heterocycles. The Balaban J connectivity index is 1.74. The first-order valence-corrected chi connectivity index (χ1v) is 6.29. The normalized spacial score (nSPS) is 28.3. The van der Waals surface area contributed by atoms with Gasteiger partial charge in [-0.2, -0.15) is 0 Å². The molecule has 2 heterocycles. The van der Waals surface area contributed by atoms with E-state index in [1.807, 2.05) is 0 Å². The van der Waals surface area contributed by atoms with Crippen LogP contribution in [-0.2, 0) is 0 Å². The molecule has 2 saturated heterocycles. The molecule has 3 rings (SSSR count). The number of nitrogens with one attached hydrogen (secondary N) is 1. The molecule has 2 atom stereocenters. The molecule has 0 aliphatic carbocycles. The van der Waals surface area contributed by atoms with Crippen LogP contribution in [0.25, 0.3) is 0 Å². The second-order valence-corrected chi connectivity index (χ2v) is 5.02. The molecule has 1 aromatic rings. The topological polar surface area (TPSA) is 41.3 Å². The Hall–Kier alpha value is -1.29. The van der Waals surface area contributed by atoms with Gasteiger partial charge in [0.2, 0.25) is 0 Å². The maximum Gasteiger partial charge on any atom is 0.125 e. The average Bonchev–Trinajstić information content (AvgIpc) is 2.86. The van der Waals surface area contributed by atoms with Gasteiger partial charge in [-0.25, -0.2) is 4.39 Å². The molecule has 1 aromatic carbocycles. The van der Waals surface area contributed by atoms with Crippen molar-refractivity contribution in [3.63, 3.8) is 0 Å². The molecule has 2 aliphatic rings. The van der Waals surface area contributed by atoms with Crippen LogP contribution in [0.3, 0.4) is 0 Å². The largest absolute Gasteiger partial charge is 0.397 e. The molecule has 92 valence electrons. The summed E-state index contributed by atoms with van der Waals surface area (Å²) in [5, 5.41) is 3.47. The lowest BCUT2D eigenvalue weighted by molar-refractivity contribution is 0.318.